The van der Waals surface area contributed by atoms with Gasteiger partial charge in [-0.05, 0) is 80.8 Å². The van der Waals surface area contributed by atoms with Crippen LogP contribution < -0.4 is 21.3 Å². The van der Waals surface area contributed by atoms with E-state index in [1.807, 2.05) is 27.7 Å². The Balaban J connectivity index is 1.38. The molecular formula is C38H56N6O6. The van der Waals surface area contributed by atoms with Gasteiger partial charge in [-0.3, -0.25) is 33.8 Å². The van der Waals surface area contributed by atoms with E-state index in [4.69, 9.17) is 0 Å². The molecule has 5 rings (SSSR count). The fraction of sp³-hybridized carbons (Fsp3) is 0.711. The Bertz CT molecular complexity index is 1400. The Labute approximate surface area is 296 Å². The Morgan fingerprint density at radius 3 is 2.24 bits per heavy atom. The molecule has 1 saturated heterocycles. The third-order valence-corrected chi connectivity index (χ3v) is 11.0. The van der Waals surface area contributed by atoms with Gasteiger partial charge in [0.15, 0.2) is 0 Å². The summed E-state index contributed by atoms with van der Waals surface area (Å²) in [5.41, 5.74) is -0.379. The Morgan fingerprint density at radius 1 is 0.900 bits per heavy atom. The summed E-state index contributed by atoms with van der Waals surface area (Å²) in [6.45, 7) is 7.55. The Morgan fingerprint density at radius 2 is 1.60 bits per heavy atom. The van der Waals surface area contributed by atoms with Gasteiger partial charge in [0.1, 0.15) is 18.1 Å². The van der Waals surface area contributed by atoms with Gasteiger partial charge < -0.3 is 26.2 Å². The van der Waals surface area contributed by atoms with E-state index in [2.05, 4.69) is 26.3 Å². The molecule has 3 aliphatic carbocycles. The lowest BCUT2D eigenvalue weighted by atomic mass is 9.81. The van der Waals surface area contributed by atoms with Gasteiger partial charge >= 0.3 is 0 Å². The van der Waals surface area contributed by atoms with E-state index in [0.29, 0.717) is 24.8 Å². The highest BCUT2D eigenvalue weighted by Gasteiger charge is 2.51. The van der Waals surface area contributed by atoms with Crippen LogP contribution >= 0.6 is 0 Å². The molecule has 0 aromatic carbocycles. The van der Waals surface area contributed by atoms with Crippen LogP contribution in [0.2, 0.25) is 0 Å². The van der Waals surface area contributed by atoms with Crippen molar-refractivity contribution in [1.82, 2.24) is 31.2 Å². The summed E-state index contributed by atoms with van der Waals surface area (Å²) in [7, 11) is 0. The van der Waals surface area contributed by atoms with Crippen LogP contribution in [0.5, 0.6) is 0 Å². The molecule has 0 bridgehead atoms. The lowest BCUT2D eigenvalue weighted by molar-refractivity contribution is -0.147. The first-order chi connectivity index (χ1) is 23.9. The average molecular weight is 693 g/mol. The third kappa shape index (κ3) is 9.09. The number of amides is 5. The number of hydrogen-bond acceptors (Lipinski definition) is 7. The summed E-state index contributed by atoms with van der Waals surface area (Å²) in [6, 6.07) is -0.486. The van der Waals surface area contributed by atoms with E-state index < -0.39 is 59.0 Å². The molecule has 1 aromatic heterocycles. The number of aromatic nitrogens is 1. The normalized spacial score (nSPS) is 24.2. The summed E-state index contributed by atoms with van der Waals surface area (Å²) < 4.78 is 0. The van der Waals surface area contributed by atoms with Gasteiger partial charge in [0.2, 0.25) is 23.5 Å². The standard InChI is InChI=1S/C38H56N6O6/c1-5-12-27(31(45)36(49)40-26-18-19-26)41-34(47)29-21-24-15-9-10-17-28(24)44(29)37(50)32(38(2,3)4)43-35(48)30(23-13-7-6-8-14-23)42-33(46)25-16-11-20-39-22-25/h11,16,20,22-24,26-30,32H,5-10,12-15,17-19,21H2,1-4H3,(H,40,49)(H,41,47)(H,42,46)(H,43,48)/t24-,27-,28-,29-,30?,32+/m0/s1. The highest BCUT2D eigenvalue weighted by Crippen LogP contribution is 2.41. The topological polar surface area (TPSA) is 167 Å². The van der Waals surface area contributed by atoms with Crippen LogP contribution in [0.1, 0.15) is 128 Å². The van der Waals surface area contributed by atoms with Crippen LogP contribution in [-0.4, -0.2) is 81.5 Å². The first-order valence-electron chi connectivity index (χ1n) is 18.9. The van der Waals surface area contributed by atoms with Crippen molar-refractivity contribution in [2.24, 2.45) is 17.3 Å². The minimum absolute atomic E-state index is 0.0152. The van der Waals surface area contributed by atoms with E-state index in [9.17, 15) is 28.8 Å². The minimum Gasteiger partial charge on any atom is -0.347 e. The van der Waals surface area contributed by atoms with E-state index in [0.717, 1.165) is 70.6 Å². The predicted molar refractivity (Wildman–Crippen MR) is 187 cm³/mol. The number of likely N-dealkylation sites (tertiary alicyclic amines) is 1. The minimum atomic E-state index is -0.983. The van der Waals surface area contributed by atoms with Crippen LogP contribution in [0.4, 0.5) is 0 Å². The number of nitrogens with one attached hydrogen (secondary N) is 4. The second kappa shape index (κ2) is 16.5. The van der Waals surface area contributed by atoms with Crippen LogP contribution in [0.25, 0.3) is 0 Å². The second-order valence-electron chi connectivity index (χ2n) is 16.0. The molecule has 1 aromatic rings. The average Bonchev–Trinajstić information content (AvgIpc) is 3.84. The molecule has 4 N–H and O–H groups in total. The summed E-state index contributed by atoms with van der Waals surface area (Å²) in [5, 5.41) is 11.6. The maximum Gasteiger partial charge on any atom is 0.289 e. The van der Waals surface area contributed by atoms with Crippen molar-refractivity contribution in [1.29, 1.82) is 0 Å². The number of ketones is 1. The number of hydrogen-bond donors (Lipinski definition) is 4. The number of carbonyl (C=O) groups is 6. The van der Waals surface area contributed by atoms with Crippen LogP contribution in [0.15, 0.2) is 24.5 Å². The van der Waals surface area contributed by atoms with Crippen molar-refractivity contribution in [3.8, 4) is 0 Å². The molecule has 6 atom stereocenters. The van der Waals surface area contributed by atoms with Crippen LogP contribution in [-0.2, 0) is 24.0 Å². The molecule has 3 saturated carbocycles. The zero-order chi connectivity index (χ0) is 36.0. The smallest absolute Gasteiger partial charge is 0.289 e. The number of Topliss-reactive ketones (excluding diaryl/α,β-unsaturated/α-hetero) is 1. The van der Waals surface area contributed by atoms with Gasteiger partial charge in [-0.2, -0.15) is 0 Å². The van der Waals surface area contributed by atoms with Gasteiger partial charge in [-0.25, -0.2) is 0 Å². The molecule has 0 radical (unpaired) electrons. The highest BCUT2D eigenvalue weighted by molar-refractivity contribution is 6.38. The summed E-state index contributed by atoms with van der Waals surface area (Å²) in [4.78, 5) is 88.0. The van der Waals surface area contributed by atoms with E-state index in [1.54, 1.807) is 23.2 Å². The lowest BCUT2D eigenvalue weighted by Gasteiger charge is -2.40. The quantitative estimate of drug-likeness (QED) is 0.229. The highest BCUT2D eigenvalue weighted by atomic mass is 16.2. The van der Waals surface area contributed by atoms with E-state index in [1.165, 1.54) is 6.20 Å². The molecule has 274 valence electrons. The molecule has 12 nitrogen and oxygen atoms in total. The molecule has 50 heavy (non-hydrogen) atoms. The largest absolute Gasteiger partial charge is 0.347 e. The zero-order valence-corrected chi connectivity index (χ0v) is 30.2. The summed E-state index contributed by atoms with van der Waals surface area (Å²) in [5.74, 6) is -2.91. The van der Waals surface area contributed by atoms with Crippen LogP contribution in [0, 0.1) is 17.3 Å². The van der Waals surface area contributed by atoms with Gasteiger partial charge in [0.25, 0.3) is 11.8 Å². The molecular weight excluding hydrogens is 636 g/mol. The maximum atomic E-state index is 14.8. The van der Waals surface area contributed by atoms with Gasteiger partial charge in [-0.1, -0.05) is 66.2 Å². The number of rotatable bonds is 13. The first-order valence-corrected chi connectivity index (χ1v) is 18.9. The Kier molecular flexibility index (Phi) is 12.3. The predicted octanol–water partition coefficient (Wildman–Crippen LogP) is 3.58. The van der Waals surface area contributed by atoms with E-state index >= 15 is 0 Å². The molecule has 1 unspecified atom stereocenters. The van der Waals surface area contributed by atoms with Crippen molar-refractivity contribution >= 4 is 35.3 Å². The maximum absolute atomic E-state index is 14.8. The number of nitrogens with zero attached hydrogens (tertiary/aromatic N) is 2. The molecule has 4 fully saturated rings. The number of carbonyl (C=O) groups excluding carboxylic acids is 6. The molecule has 4 aliphatic rings. The van der Waals surface area contributed by atoms with E-state index in [-0.39, 0.29) is 29.8 Å². The summed E-state index contributed by atoms with van der Waals surface area (Å²) in [6.07, 6.45) is 14.2. The molecule has 2 heterocycles. The SMILES string of the molecule is CCC[C@H](NC(=O)[C@@H]1C[C@@H]2CCCC[C@@H]2N1C(=O)[C@@H](NC(=O)C(NC(=O)c1cccnc1)C1CCCCC1)C(C)(C)C)C(=O)C(=O)NC1CC1. The molecule has 1 aliphatic heterocycles. The lowest BCUT2D eigenvalue weighted by Crippen LogP contribution is -2.63. The fourth-order valence-electron chi connectivity index (χ4n) is 8.10. The number of pyridine rings is 1. The zero-order valence-electron chi connectivity index (χ0n) is 30.2. The van der Waals surface area contributed by atoms with Crippen molar-refractivity contribution in [3.05, 3.63) is 30.1 Å². The summed E-state index contributed by atoms with van der Waals surface area (Å²) >= 11 is 0. The third-order valence-electron chi connectivity index (χ3n) is 11.0. The molecule has 12 heteroatoms. The van der Waals surface area contributed by atoms with Gasteiger partial charge in [0, 0.05) is 24.5 Å². The number of fused-ring (bicyclic) bond motifs is 1. The first kappa shape index (κ1) is 37.4. The van der Waals surface area contributed by atoms with Gasteiger partial charge in [-0.15, -0.1) is 0 Å². The van der Waals surface area contributed by atoms with Crippen LogP contribution in [0.3, 0.4) is 0 Å². The molecule has 0 spiro atoms. The molecule has 5 amide bonds. The van der Waals surface area contributed by atoms with Crippen molar-refractivity contribution in [2.45, 2.75) is 154 Å². The van der Waals surface area contributed by atoms with Crippen molar-refractivity contribution in [3.63, 3.8) is 0 Å². The Hall–Kier alpha value is -3.83. The van der Waals surface area contributed by atoms with Gasteiger partial charge in [0.05, 0.1) is 11.6 Å². The monoisotopic (exact) mass is 692 g/mol. The second-order valence-corrected chi connectivity index (χ2v) is 16.0. The fourth-order valence-corrected chi connectivity index (χ4v) is 8.10. The van der Waals surface area contributed by atoms with Crippen molar-refractivity contribution < 1.29 is 28.8 Å². The van der Waals surface area contributed by atoms with Crippen molar-refractivity contribution in [2.75, 3.05) is 0 Å².